The van der Waals surface area contributed by atoms with Crippen molar-refractivity contribution in [3.63, 3.8) is 0 Å². The number of hydrogen-bond donors (Lipinski definition) is 5. The predicted molar refractivity (Wildman–Crippen MR) is 126 cm³/mol. The standard InChI is InChI=1S/C18H27BClN3O4.3ClH/c20-15-4-3-12-8-22-16(7-13(12)6-15)10-23-9-14(2-1-5-19(26)27)18(21,11-23)17(24)25;;;/h3-4,6,14,16,22,26-27H,1-2,5,7-11,21H2,(H,24,25);3*1H/t14-,16?,18-;;;/m0.../s1. The lowest BCUT2D eigenvalue weighted by Gasteiger charge is -2.30. The van der Waals surface area contributed by atoms with Crippen molar-refractivity contribution >= 4 is 61.9 Å². The molecule has 172 valence electrons. The van der Waals surface area contributed by atoms with Gasteiger partial charge in [-0.05, 0) is 42.4 Å². The Morgan fingerprint density at radius 3 is 2.63 bits per heavy atom. The zero-order valence-corrected chi connectivity index (χ0v) is 19.7. The van der Waals surface area contributed by atoms with Gasteiger partial charge in [-0.25, -0.2) is 0 Å². The second-order valence-electron chi connectivity index (χ2n) is 7.84. The first-order valence-corrected chi connectivity index (χ1v) is 9.77. The number of nitrogens with zero attached hydrogens (tertiary/aromatic N) is 1. The van der Waals surface area contributed by atoms with Crippen LogP contribution in [0.5, 0.6) is 0 Å². The SMILES string of the molecule is Cl.Cl.Cl.N[C@@]1(C(=O)O)CN(CC2Cc3cc(Cl)ccc3CN2)C[C@@H]1CCCB(O)O. The quantitative estimate of drug-likeness (QED) is 0.358. The van der Waals surface area contributed by atoms with Crippen LogP contribution < -0.4 is 11.1 Å². The smallest absolute Gasteiger partial charge is 0.451 e. The van der Waals surface area contributed by atoms with Crippen molar-refractivity contribution in [2.75, 3.05) is 19.6 Å². The monoisotopic (exact) mass is 503 g/mol. The lowest BCUT2D eigenvalue weighted by molar-refractivity contribution is -0.144. The summed E-state index contributed by atoms with van der Waals surface area (Å²) in [6, 6.07) is 6.15. The van der Waals surface area contributed by atoms with Gasteiger partial charge in [-0.15, -0.1) is 37.2 Å². The molecule has 0 spiro atoms. The summed E-state index contributed by atoms with van der Waals surface area (Å²) in [5.41, 5.74) is 7.43. The maximum Gasteiger partial charge on any atom is 0.451 e. The summed E-state index contributed by atoms with van der Waals surface area (Å²) in [6.45, 7) is 2.40. The lowest BCUT2D eigenvalue weighted by Crippen LogP contribution is -2.55. The number of benzene rings is 1. The number of carbonyl (C=O) groups is 1. The van der Waals surface area contributed by atoms with E-state index >= 15 is 0 Å². The van der Waals surface area contributed by atoms with E-state index in [0.29, 0.717) is 25.9 Å². The molecule has 0 aromatic heterocycles. The molecule has 12 heteroatoms. The van der Waals surface area contributed by atoms with Crippen molar-refractivity contribution in [1.82, 2.24) is 10.2 Å². The van der Waals surface area contributed by atoms with Crippen LogP contribution in [0.25, 0.3) is 0 Å². The molecule has 6 N–H and O–H groups in total. The number of likely N-dealkylation sites (tertiary alicyclic amines) is 1. The van der Waals surface area contributed by atoms with Crippen LogP contribution in [-0.4, -0.2) is 64.4 Å². The molecule has 1 saturated heterocycles. The Kier molecular flexibility index (Phi) is 12.6. The Labute approximate surface area is 201 Å². The van der Waals surface area contributed by atoms with Gasteiger partial charge in [0.05, 0.1) is 0 Å². The van der Waals surface area contributed by atoms with E-state index in [4.69, 9.17) is 27.4 Å². The van der Waals surface area contributed by atoms with Crippen LogP contribution in [0.1, 0.15) is 24.0 Å². The summed E-state index contributed by atoms with van der Waals surface area (Å²) in [7, 11) is -1.36. The van der Waals surface area contributed by atoms with Crippen LogP contribution in [0.15, 0.2) is 18.2 Å². The number of carboxylic acid groups (broad SMARTS) is 1. The fraction of sp³-hybridized carbons (Fsp3) is 0.611. The Morgan fingerprint density at radius 1 is 1.30 bits per heavy atom. The van der Waals surface area contributed by atoms with Crippen molar-refractivity contribution in [3.05, 3.63) is 34.3 Å². The lowest BCUT2D eigenvalue weighted by atomic mass is 9.78. The summed E-state index contributed by atoms with van der Waals surface area (Å²) >= 11 is 6.11. The van der Waals surface area contributed by atoms with Gasteiger partial charge in [-0.1, -0.05) is 24.1 Å². The third-order valence-electron chi connectivity index (χ3n) is 5.80. The van der Waals surface area contributed by atoms with E-state index < -0.39 is 18.6 Å². The third-order valence-corrected chi connectivity index (χ3v) is 6.03. The molecular weight excluding hydrogens is 475 g/mol. The van der Waals surface area contributed by atoms with Crippen molar-refractivity contribution in [2.45, 2.75) is 43.7 Å². The van der Waals surface area contributed by atoms with Gasteiger partial charge in [-0.3, -0.25) is 9.69 Å². The third kappa shape index (κ3) is 7.12. The molecule has 2 aliphatic rings. The van der Waals surface area contributed by atoms with Crippen LogP contribution in [0.2, 0.25) is 11.3 Å². The molecule has 3 rings (SSSR count). The van der Waals surface area contributed by atoms with E-state index in [2.05, 4.69) is 10.2 Å². The minimum Gasteiger partial charge on any atom is -0.480 e. The van der Waals surface area contributed by atoms with Crippen LogP contribution in [0.3, 0.4) is 0 Å². The maximum absolute atomic E-state index is 11.8. The van der Waals surface area contributed by atoms with Gasteiger partial charge in [0.1, 0.15) is 5.54 Å². The molecule has 0 aliphatic carbocycles. The zero-order chi connectivity index (χ0) is 19.6. The van der Waals surface area contributed by atoms with Crippen LogP contribution in [-0.2, 0) is 17.8 Å². The molecule has 0 saturated carbocycles. The Hall–Kier alpha value is -0.285. The highest BCUT2D eigenvalue weighted by Crippen LogP contribution is 2.31. The first-order chi connectivity index (χ1) is 12.8. The average molecular weight is 505 g/mol. The molecule has 1 unspecified atom stereocenters. The molecule has 7 nitrogen and oxygen atoms in total. The van der Waals surface area contributed by atoms with Gasteiger partial charge in [0.2, 0.25) is 0 Å². The van der Waals surface area contributed by atoms with Crippen LogP contribution in [0.4, 0.5) is 0 Å². The highest BCUT2D eigenvalue weighted by molar-refractivity contribution is 6.40. The summed E-state index contributed by atoms with van der Waals surface area (Å²) in [4.78, 5) is 13.9. The number of aliphatic carboxylic acids is 1. The van der Waals surface area contributed by atoms with Gasteiger partial charge in [0.25, 0.3) is 0 Å². The zero-order valence-electron chi connectivity index (χ0n) is 16.5. The largest absolute Gasteiger partial charge is 0.480 e. The van der Waals surface area contributed by atoms with E-state index in [-0.39, 0.29) is 55.5 Å². The molecule has 2 heterocycles. The van der Waals surface area contributed by atoms with Gasteiger partial charge in [0.15, 0.2) is 0 Å². The van der Waals surface area contributed by atoms with Gasteiger partial charge in [-0.2, -0.15) is 0 Å². The van der Waals surface area contributed by atoms with Crippen LogP contribution in [0, 0.1) is 5.92 Å². The summed E-state index contributed by atoms with van der Waals surface area (Å²) in [5.74, 6) is -1.20. The van der Waals surface area contributed by atoms with E-state index in [1.807, 2.05) is 18.2 Å². The summed E-state index contributed by atoms with van der Waals surface area (Å²) in [6.07, 6.45) is 2.18. The first kappa shape index (κ1) is 29.7. The average Bonchev–Trinajstić information content (AvgIpc) is 2.91. The molecule has 30 heavy (non-hydrogen) atoms. The number of nitrogens with two attached hydrogens (primary N) is 1. The fourth-order valence-corrected chi connectivity index (χ4v) is 4.50. The molecule has 0 radical (unpaired) electrons. The number of nitrogens with one attached hydrogen (secondary N) is 1. The topological polar surface area (TPSA) is 119 Å². The Bertz CT molecular complexity index is 703. The summed E-state index contributed by atoms with van der Waals surface area (Å²) in [5, 5.41) is 31.9. The minimum atomic E-state index is -1.36. The molecule has 0 amide bonds. The molecule has 1 fully saturated rings. The number of rotatable bonds is 7. The predicted octanol–water partition coefficient (Wildman–Crippen LogP) is 1.59. The fourth-order valence-electron chi connectivity index (χ4n) is 4.30. The highest BCUT2D eigenvalue weighted by Gasteiger charge is 2.49. The van der Waals surface area contributed by atoms with Crippen molar-refractivity contribution < 1.29 is 19.9 Å². The maximum atomic E-state index is 11.8. The van der Waals surface area contributed by atoms with E-state index in [1.165, 1.54) is 11.1 Å². The first-order valence-electron chi connectivity index (χ1n) is 9.39. The number of carboxylic acids is 1. The highest BCUT2D eigenvalue weighted by atomic mass is 35.5. The molecule has 2 aliphatic heterocycles. The van der Waals surface area contributed by atoms with E-state index in [9.17, 15) is 9.90 Å². The molecule has 3 atom stereocenters. The van der Waals surface area contributed by atoms with E-state index in [1.54, 1.807) is 0 Å². The van der Waals surface area contributed by atoms with Crippen molar-refractivity contribution in [2.24, 2.45) is 11.7 Å². The van der Waals surface area contributed by atoms with Crippen molar-refractivity contribution in [3.8, 4) is 0 Å². The van der Waals surface area contributed by atoms with Gasteiger partial charge < -0.3 is 26.2 Å². The van der Waals surface area contributed by atoms with E-state index in [0.717, 1.165) is 24.5 Å². The van der Waals surface area contributed by atoms with Gasteiger partial charge >= 0.3 is 13.1 Å². The number of fused-ring (bicyclic) bond motifs is 1. The second-order valence-corrected chi connectivity index (χ2v) is 8.28. The molecule has 1 aromatic rings. The van der Waals surface area contributed by atoms with Gasteiger partial charge in [0, 0.05) is 43.2 Å². The Morgan fingerprint density at radius 2 is 2.00 bits per heavy atom. The number of halogens is 4. The second kappa shape index (κ2) is 12.7. The number of hydrogen-bond acceptors (Lipinski definition) is 6. The Balaban J connectivity index is 0.00000280. The molecule has 0 bridgehead atoms. The minimum absolute atomic E-state index is 0. The summed E-state index contributed by atoms with van der Waals surface area (Å²) < 4.78 is 0. The molecular formula is C18H30BCl4N3O4. The molecule has 1 aromatic carbocycles. The normalized spacial score (nSPS) is 25.3. The van der Waals surface area contributed by atoms with Crippen molar-refractivity contribution in [1.29, 1.82) is 0 Å². The van der Waals surface area contributed by atoms with Crippen LogP contribution >= 0.6 is 48.8 Å².